The molecule has 8 nitrogen and oxygen atoms in total. The topological polar surface area (TPSA) is 135 Å². The van der Waals surface area contributed by atoms with Gasteiger partial charge in [0.05, 0.1) is 13.2 Å². The number of nitrogens with zero attached hydrogens (tertiary/aromatic N) is 1. The number of aryl methyl sites for hydroxylation is 1. The second kappa shape index (κ2) is 12.5. The Kier molecular flexibility index (Phi) is 10.1. The van der Waals surface area contributed by atoms with Gasteiger partial charge in [0, 0.05) is 24.6 Å². The molecule has 0 unspecified atom stereocenters. The molecule has 0 atom stereocenters. The average Bonchev–Trinajstić information content (AvgIpc) is 2.76. The van der Waals surface area contributed by atoms with Gasteiger partial charge in [-0.15, -0.1) is 10.2 Å². The lowest BCUT2D eigenvalue weighted by atomic mass is 10.0. The van der Waals surface area contributed by atoms with Gasteiger partial charge in [0.25, 0.3) is 0 Å². The van der Waals surface area contributed by atoms with Gasteiger partial charge in [-0.25, -0.2) is 18.6 Å². The number of ether oxygens (including phenoxy) is 2. The largest absolute Gasteiger partial charge is 0.494 e. The van der Waals surface area contributed by atoms with Crippen molar-refractivity contribution < 1.29 is 48.0 Å². The van der Waals surface area contributed by atoms with E-state index >= 15 is 0 Å². The molecule has 0 saturated heterocycles. The molecule has 0 radical (unpaired) electrons. The number of halogens is 1. The summed E-state index contributed by atoms with van der Waals surface area (Å²) in [5.74, 6) is 1.74. The van der Waals surface area contributed by atoms with Crippen LogP contribution in [0.25, 0.3) is 22.4 Å². The maximum Gasteiger partial charge on any atom is 0.213 e. The quantitative estimate of drug-likeness (QED) is 0.438. The number of hydrogen-bond acceptors (Lipinski definition) is 7. The van der Waals surface area contributed by atoms with Gasteiger partial charge in [-0.3, -0.25) is 0 Å². The summed E-state index contributed by atoms with van der Waals surface area (Å²) in [5.41, 5.74) is 5.53. The van der Waals surface area contributed by atoms with Crippen LogP contribution in [0, 0.1) is 17.2 Å². The van der Waals surface area contributed by atoms with Gasteiger partial charge >= 0.3 is 0 Å². The van der Waals surface area contributed by atoms with Gasteiger partial charge in [-0.05, 0) is 61.4 Å². The summed E-state index contributed by atoms with van der Waals surface area (Å²) in [4.78, 5) is 0. The molecule has 0 aliphatic rings. The van der Waals surface area contributed by atoms with Crippen molar-refractivity contribution in [3.05, 3.63) is 66.4 Å². The maximum atomic E-state index is 9.54. The molecule has 0 aliphatic carbocycles. The Labute approximate surface area is 195 Å². The Hall–Kier alpha value is -2.72. The highest BCUT2D eigenvalue weighted by Gasteiger charge is 2.18. The van der Waals surface area contributed by atoms with Crippen LogP contribution in [0.1, 0.15) is 19.5 Å². The van der Waals surface area contributed by atoms with Gasteiger partial charge in [0.2, 0.25) is 5.69 Å². The number of hydrogen-bond donors (Lipinski definition) is 1. The van der Waals surface area contributed by atoms with Crippen molar-refractivity contribution in [1.29, 1.82) is 0 Å². The van der Waals surface area contributed by atoms with Crippen molar-refractivity contribution in [3.8, 4) is 33.9 Å². The molecule has 0 amide bonds. The van der Waals surface area contributed by atoms with Crippen molar-refractivity contribution in [1.82, 2.24) is 0 Å². The van der Waals surface area contributed by atoms with Crippen LogP contribution in [0.3, 0.4) is 0 Å². The van der Waals surface area contributed by atoms with E-state index in [-0.39, 0.29) is 6.61 Å². The van der Waals surface area contributed by atoms with Gasteiger partial charge in [-0.2, -0.15) is 4.57 Å². The molecule has 33 heavy (non-hydrogen) atoms. The highest BCUT2D eigenvalue weighted by atomic mass is 35.7. The summed E-state index contributed by atoms with van der Waals surface area (Å²) in [6, 6.07) is 20.6. The van der Waals surface area contributed by atoms with Crippen LogP contribution in [0.4, 0.5) is 0 Å². The number of rotatable bonds is 8. The van der Waals surface area contributed by atoms with E-state index in [0.29, 0.717) is 19.8 Å². The molecule has 3 rings (SSSR count). The van der Waals surface area contributed by atoms with Gasteiger partial charge in [0.15, 0.2) is 12.2 Å². The SMILES string of the molecule is CCOc1ccc(-c2cc(C)[n+](CCO)c(-c3ccc(OCC)cc3)c2)cc1.[O-][Cl+3]([O-])([O-])[O-]. The van der Waals surface area contributed by atoms with Crippen LogP contribution >= 0.6 is 0 Å². The second-order valence-electron chi connectivity index (χ2n) is 6.94. The monoisotopic (exact) mass is 477 g/mol. The lowest BCUT2D eigenvalue weighted by Crippen LogP contribution is -2.68. The third-order valence-electron chi connectivity index (χ3n) is 4.66. The van der Waals surface area contributed by atoms with Gasteiger partial charge < -0.3 is 14.6 Å². The molecule has 9 heteroatoms. The standard InChI is InChI=1S/C24H28NO3.ClHO4/c1-4-27-22-10-6-19(7-11-22)21-16-18(3)25(14-15-26)24(17-21)20-8-12-23(13-9-20)28-5-2;2-1(3,4)5/h6-13,16-17,26H,4-5,14-15H2,1-3H3;(H,2,3,4,5)/q+1;/p-1. The lowest BCUT2D eigenvalue weighted by Gasteiger charge is -2.17. The van der Waals surface area contributed by atoms with E-state index in [1.54, 1.807) is 0 Å². The predicted octanol–water partition coefficient (Wildman–Crippen LogP) is -0.350. The molecule has 178 valence electrons. The Balaban J connectivity index is 0.000000696. The summed E-state index contributed by atoms with van der Waals surface area (Å²) in [6.45, 7) is 7.99. The van der Waals surface area contributed by atoms with E-state index in [2.05, 4.69) is 47.9 Å². The second-order valence-corrected chi connectivity index (χ2v) is 7.69. The molecular weight excluding hydrogens is 450 g/mol. The minimum Gasteiger partial charge on any atom is -0.494 e. The normalized spacial score (nSPS) is 10.9. The summed E-state index contributed by atoms with van der Waals surface area (Å²) >= 11 is 0. The van der Waals surface area contributed by atoms with Crippen molar-refractivity contribution in [2.75, 3.05) is 19.8 Å². The number of aliphatic hydroxyl groups excluding tert-OH is 1. The first-order valence-corrected chi connectivity index (χ1v) is 11.6. The van der Waals surface area contributed by atoms with Crippen LogP contribution < -0.4 is 32.7 Å². The van der Waals surface area contributed by atoms with E-state index in [4.69, 9.17) is 28.1 Å². The van der Waals surface area contributed by atoms with E-state index in [1.807, 2.05) is 38.1 Å². The summed E-state index contributed by atoms with van der Waals surface area (Å²) in [7, 11) is -4.94. The minimum atomic E-state index is -4.94. The average molecular weight is 478 g/mol. The van der Waals surface area contributed by atoms with Crippen LogP contribution in [-0.2, 0) is 6.54 Å². The van der Waals surface area contributed by atoms with Crippen LogP contribution in [0.15, 0.2) is 60.7 Å². The van der Waals surface area contributed by atoms with E-state index in [0.717, 1.165) is 39.6 Å². The highest BCUT2D eigenvalue weighted by molar-refractivity contribution is 5.70. The zero-order chi connectivity index (χ0) is 24.4. The number of pyridine rings is 1. The van der Waals surface area contributed by atoms with Crippen molar-refractivity contribution in [2.45, 2.75) is 27.3 Å². The molecule has 2 aromatic carbocycles. The third-order valence-corrected chi connectivity index (χ3v) is 4.66. The molecule has 1 aromatic heterocycles. The maximum absolute atomic E-state index is 9.54. The van der Waals surface area contributed by atoms with Crippen molar-refractivity contribution in [3.63, 3.8) is 0 Å². The number of aromatic nitrogens is 1. The first-order valence-electron chi connectivity index (χ1n) is 10.4. The summed E-state index contributed by atoms with van der Waals surface area (Å²) in [6.07, 6.45) is 0. The zero-order valence-electron chi connectivity index (χ0n) is 18.8. The number of aliphatic hydroxyl groups is 1. The molecule has 0 aliphatic heterocycles. The Morgan fingerprint density at radius 2 is 1.21 bits per heavy atom. The third kappa shape index (κ3) is 8.62. The Morgan fingerprint density at radius 3 is 1.64 bits per heavy atom. The molecule has 0 saturated carbocycles. The van der Waals surface area contributed by atoms with E-state index in [1.165, 1.54) is 0 Å². The van der Waals surface area contributed by atoms with E-state index in [9.17, 15) is 5.11 Å². The zero-order valence-corrected chi connectivity index (χ0v) is 19.6. The Bertz CT molecular complexity index is 997. The van der Waals surface area contributed by atoms with Gasteiger partial charge in [0.1, 0.15) is 18.1 Å². The lowest BCUT2D eigenvalue weighted by molar-refractivity contribution is -2.00. The number of benzene rings is 2. The fourth-order valence-corrected chi connectivity index (χ4v) is 3.36. The van der Waals surface area contributed by atoms with Crippen LogP contribution in [-0.4, -0.2) is 24.9 Å². The Morgan fingerprint density at radius 1 is 0.758 bits per heavy atom. The molecular formula is C24H28ClNO7. The predicted molar refractivity (Wildman–Crippen MR) is 112 cm³/mol. The summed E-state index contributed by atoms with van der Waals surface area (Å²) < 4.78 is 47.2. The van der Waals surface area contributed by atoms with Crippen LogP contribution in [0.5, 0.6) is 11.5 Å². The van der Waals surface area contributed by atoms with Crippen molar-refractivity contribution in [2.24, 2.45) is 0 Å². The molecule has 1 heterocycles. The fourth-order valence-electron chi connectivity index (χ4n) is 3.36. The first kappa shape index (κ1) is 26.5. The molecule has 0 fully saturated rings. The smallest absolute Gasteiger partial charge is 0.213 e. The fraction of sp³-hybridized carbons (Fsp3) is 0.292. The first-order chi connectivity index (χ1) is 15.7. The molecule has 3 aromatic rings. The van der Waals surface area contributed by atoms with Gasteiger partial charge in [-0.1, -0.05) is 12.1 Å². The molecule has 0 bridgehead atoms. The summed E-state index contributed by atoms with van der Waals surface area (Å²) in [5, 5.41) is 9.54. The highest BCUT2D eigenvalue weighted by Crippen LogP contribution is 2.28. The molecule has 0 spiro atoms. The van der Waals surface area contributed by atoms with E-state index < -0.39 is 10.2 Å². The molecule has 1 N–H and O–H groups in total. The minimum absolute atomic E-state index is 0.0952. The van der Waals surface area contributed by atoms with Crippen molar-refractivity contribution >= 4 is 0 Å². The van der Waals surface area contributed by atoms with Crippen LogP contribution in [0.2, 0.25) is 0 Å².